The van der Waals surface area contributed by atoms with Gasteiger partial charge in [-0.05, 0) is 59.7 Å². The standard InChI is InChI=1S/C27H26ClF4N3O2/c28-22-7-3-20(4-8-22)25(37-18-19-1-5-21(6-2-19)27(30,31)32)17-34-13-15-35(16-14-34)26(36)33-24-11-9-23(29)10-12-24/h1-12,25H,13-18H2,(H,33,36)/t25-/m0/s1. The number of alkyl halides is 3. The molecule has 4 rings (SSSR count). The Balaban J connectivity index is 1.35. The van der Waals surface area contributed by atoms with Crippen LogP contribution in [0, 0.1) is 5.82 Å². The first-order valence-electron chi connectivity index (χ1n) is 11.7. The number of carbonyl (C=O) groups is 1. The highest BCUT2D eigenvalue weighted by Crippen LogP contribution is 2.30. The van der Waals surface area contributed by atoms with Crippen molar-refractivity contribution in [2.75, 3.05) is 38.0 Å². The Labute approximate surface area is 217 Å². The molecule has 1 fully saturated rings. The largest absolute Gasteiger partial charge is 0.416 e. The number of benzene rings is 3. The maximum atomic E-state index is 13.1. The Hall–Kier alpha value is -3.14. The molecular formula is C27H26ClF4N3O2. The Morgan fingerprint density at radius 3 is 2.14 bits per heavy atom. The number of hydrogen-bond donors (Lipinski definition) is 1. The number of urea groups is 1. The third-order valence-corrected chi connectivity index (χ3v) is 6.41. The second-order valence-corrected chi connectivity index (χ2v) is 9.21. The van der Waals surface area contributed by atoms with E-state index in [0.29, 0.717) is 49.0 Å². The van der Waals surface area contributed by atoms with Crippen molar-refractivity contribution in [3.63, 3.8) is 0 Å². The van der Waals surface area contributed by atoms with Gasteiger partial charge in [-0.15, -0.1) is 0 Å². The third kappa shape index (κ3) is 7.67. The summed E-state index contributed by atoms with van der Waals surface area (Å²) in [6.45, 7) is 2.91. The molecule has 0 spiro atoms. The van der Waals surface area contributed by atoms with Gasteiger partial charge in [0.15, 0.2) is 0 Å². The van der Waals surface area contributed by atoms with E-state index in [1.807, 2.05) is 12.1 Å². The molecule has 1 aliphatic rings. The molecule has 3 aromatic rings. The lowest BCUT2D eigenvalue weighted by Crippen LogP contribution is -2.50. The highest BCUT2D eigenvalue weighted by molar-refractivity contribution is 6.30. The minimum Gasteiger partial charge on any atom is -0.368 e. The van der Waals surface area contributed by atoms with Crippen molar-refractivity contribution in [1.82, 2.24) is 9.80 Å². The van der Waals surface area contributed by atoms with Crippen molar-refractivity contribution >= 4 is 23.3 Å². The second-order valence-electron chi connectivity index (χ2n) is 8.77. The summed E-state index contributed by atoms with van der Waals surface area (Å²) in [5.41, 5.74) is 1.35. The molecule has 1 aliphatic heterocycles. The fourth-order valence-electron chi connectivity index (χ4n) is 4.02. The normalized spacial score (nSPS) is 15.4. The number of anilines is 1. The van der Waals surface area contributed by atoms with E-state index < -0.39 is 11.7 Å². The number of piperazine rings is 1. The maximum absolute atomic E-state index is 13.1. The van der Waals surface area contributed by atoms with Crippen molar-refractivity contribution in [3.05, 3.63) is 100 Å². The molecule has 0 radical (unpaired) electrons. The first kappa shape index (κ1) is 26.9. The summed E-state index contributed by atoms with van der Waals surface area (Å²) in [5, 5.41) is 3.36. The summed E-state index contributed by atoms with van der Waals surface area (Å²) in [6, 6.07) is 17.5. The number of amides is 2. The summed E-state index contributed by atoms with van der Waals surface area (Å²) in [5.74, 6) is -0.373. The van der Waals surface area contributed by atoms with Crippen LogP contribution in [0.25, 0.3) is 0 Å². The molecule has 0 saturated carbocycles. The molecule has 2 amide bonds. The zero-order chi connectivity index (χ0) is 26.4. The molecule has 1 atom stereocenters. The Kier molecular flexibility index (Phi) is 8.68. The van der Waals surface area contributed by atoms with Crippen LogP contribution in [0.1, 0.15) is 22.8 Å². The van der Waals surface area contributed by atoms with E-state index in [9.17, 15) is 22.4 Å². The van der Waals surface area contributed by atoms with Crippen molar-refractivity contribution in [2.24, 2.45) is 0 Å². The number of halogens is 5. The number of rotatable bonds is 7. The van der Waals surface area contributed by atoms with Gasteiger partial charge in [-0.25, -0.2) is 9.18 Å². The number of hydrogen-bond acceptors (Lipinski definition) is 3. The first-order valence-corrected chi connectivity index (χ1v) is 12.1. The van der Waals surface area contributed by atoms with Crippen molar-refractivity contribution in [3.8, 4) is 0 Å². The Morgan fingerprint density at radius 2 is 1.54 bits per heavy atom. The van der Waals surface area contributed by atoms with Gasteiger partial charge in [0.1, 0.15) is 5.82 Å². The van der Waals surface area contributed by atoms with Gasteiger partial charge in [0.25, 0.3) is 0 Å². The van der Waals surface area contributed by atoms with Crippen LogP contribution in [0.2, 0.25) is 5.02 Å². The summed E-state index contributed by atoms with van der Waals surface area (Å²) in [6.07, 6.45) is -4.73. The predicted octanol–water partition coefficient (Wildman–Crippen LogP) is 6.61. The molecule has 0 unspecified atom stereocenters. The van der Waals surface area contributed by atoms with Crippen LogP contribution in [-0.2, 0) is 17.5 Å². The van der Waals surface area contributed by atoms with Gasteiger partial charge in [0, 0.05) is 43.4 Å². The number of carbonyl (C=O) groups excluding carboxylic acids is 1. The molecule has 1 N–H and O–H groups in total. The van der Waals surface area contributed by atoms with E-state index in [1.165, 1.54) is 36.4 Å². The zero-order valence-electron chi connectivity index (χ0n) is 19.8. The molecule has 0 aliphatic carbocycles. The molecule has 0 aromatic heterocycles. The van der Waals surface area contributed by atoms with E-state index >= 15 is 0 Å². The molecule has 1 heterocycles. The van der Waals surface area contributed by atoms with Gasteiger partial charge < -0.3 is 15.0 Å². The van der Waals surface area contributed by atoms with Gasteiger partial charge in [0.2, 0.25) is 0 Å². The average molecular weight is 536 g/mol. The molecule has 10 heteroatoms. The van der Waals surface area contributed by atoms with Gasteiger partial charge in [-0.3, -0.25) is 4.90 Å². The minimum absolute atomic E-state index is 0.144. The molecule has 37 heavy (non-hydrogen) atoms. The van der Waals surface area contributed by atoms with Crippen LogP contribution in [-0.4, -0.2) is 48.6 Å². The fourth-order valence-corrected chi connectivity index (χ4v) is 4.15. The SMILES string of the molecule is O=C(Nc1ccc(F)cc1)N1CCN(C[C@H](OCc2ccc(C(F)(F)F)cc2)c2ccc(Cl)cc2)CC1. The van der Waals surface area contributed by atoms with Crippen LogP contribution in [0.3, 0.4) is 0 Å². The second kappa shape index (κ2) is 11.9. The van der Waals surface area contributed by atoms with Crippen LogP contribution in [0.4, 0.5) is 28.0 Å². The molecule has 3 aromatic carbocycles. The number of nitrogens with zero attached hydrogens (tertiary/aromatic N) is 2. The van der Waals surface area contributed by atoms with E-state index in [2.05, 4.69) is 10.2 Å². The highest BCUT2D eigenvalue weighted by atomic mass is 35.5. The first-order chi connectivity index (χ1) is 17.7. The maximum Gasteiger partial charge on any atom is 0.416 e. The van der Waals surface area contributed by atoms with Crippen molar-refractivity contribution < 1.29 is 27.1 Å². The van der Waals surface area contributed by atoms with Gasteiger partial charge in [0.05, 0.1) is 18.3 Å². The monoisotopic (exact) mass is 535 g/mol. The van der Waals surface area contributed by atoms with Crippen LogP contribution < -0.4 is 5.32 Å². The van der Waals surface area contributed by atoms with E-state index in [0.717, 1.165) is 17.7 Å². The topological polar surface area (TPSA) is 44.8 Å². The lowest BCUT2D eigenvalue weighted by molar-refractivity contribution is -0.137. The molecule has 196 valence electrons. The van der Waals surface area contributed by atoms with Crippen LogP contribution in [0.5, 0.6) is 0 Å². The summed E-state index contributed by atoms with van der Waals surface area (Å²) in [7, 11) is 0. The third-order valence-electron chi connectivity index (χ3n) is 6.15. The lowest BCUT2D eigenvalue weighted by atomic mass is 10.1. The van der Waals surface area contributed by atoms with Crippen molar-refractivity contribution in [1.29, 1.82) is 0 Å². The van der Waals surface area contributed by atoms with Crippen LogP contribution in [0.15, 0.2) is 72.8 Å². The smallest absolute Gasteiger partial charge is 0.368 e. The molecule has 1 saturated heterocycles. The predicted molar refractivity (Wildman–Crippen MR) is 134 cm³/mol. The van der Waals surface area contributed by atoms with E-state index in [-0.39, 0.29) is 24.6 Å². The van der Waals surface area contributed by atoms with Gasteiger partial charge >= 0.3 is 12.2 Å². The Morgan fingerprint density at radius 1 is 0.919 bits per heavy atom. The summed E-state index contributed by atoms with van der Waals surface area (Å²) >= 11 is 6.04. The van der Waals surface area contributed by atoms with Gasteiger partial charge in [-0.2, -0.15) is 13.2 Å². The van der Waals surface area contributed by atoms with E-state index in [4.69, 9.17) is 16.3 Å². The number of ether oxygens (including phenoxy) is 1. The Bertz CT molecular complexity index is 1160. The summed E-state index contributed by atoms with van der Waals surface area (Å²) < 4.78 is 57.8. The van der Waals surface area contributed by atoms with Crippen LogP contribution >= 0.6 is 11.6 Å². The number of nitrogens with one attached hydrogen (secondary N) is 1. The lowest BCUT2D eigenvalue weighted by Gasteiger charge is -2.36. The minimum atomic E-state index is -4.39. The zero-order valence-corrected chi connectivity index (χ0v) is 20.6. The quantitative estimate of drug-likeness (QED) is 0.346. The van der Waals surface area contributed by atoms with Gasteiger partial charge in [-0.1, -0.05) is 35.9 Å². The summed E-state index contributed by atoms with van der Waals surface area (Å²) in [4.78, 5) is 16.4. The van der Waals surface area contributed by atoms with Crippen molar-refractivity contribution in [2.45, 2.75) is 18.9 Å². The van der Waals surface area contributed by atoms with E-state index in [1.54, 1.807) is 17.0 Å². The average Bonchev–Trinajstić information content (AvgIpc) is 2.88. The molecule has 0 bridgehead atoms. The molecular weight excluding hydrogens is 510 g/mol. The highest BCUT2D eigenvalue weighted by Gasteiger charge is 2.30. The molecule has 5 nitrogen and oxygen atoms in total. The fraction of sp³-hybridized carbons (Fsp3) is 0.296.